The average Bonchev–Trinajstić information content (AvgIpc) is 1.85. The molecule has 0 amide bonds. The summed E-state index contributed by atoms with van der Waals surface area (Å²) in [4.78, 5) is 20.9. The molecule has 0 saturated heterocycles. The Bertz CT molecular complexity index is 190. The number of hydrogen-bond acceptors (Lipinski definition) is 3. The van der Waals surface area contributed by atoms with E-state index in [0.29, 0.717) is 19.3 Å². The molecular weight excluding hydrogens is 146 g/mol. The third kappa shape index (κ3) is 1.76. The first-order valence-electron chi connectivity index (χ1n) is 3.76. The van der Waals surface area contributed by atoms with E-state index in [1.807, 2.05) is 0 Å². The predicted octanol–water partition coefficient (Wildman–Crippen LogP) is 1.02. The van der Waals surface area contributed by atoms with Crippen molar-refractivity contribution in [3.05, 3.63) is 10.1 Å². The SMILES string of the molecule is CC1CC(=O)CCC1[N+](=O)[O-]. The van der Waals surface area contributed by atoms with Gasteiger partial charge in [-0.1, -0.05) is 6.92 Å². The van der Waals surface area contributed by atoms with Crippen LogP contribution < -0.4 is 0 Å². The summed E-state index contributed by atoms with van der Waals surface area (Å²) in [5.74, 6) is 0.0850. The third-order valence-electron chi connectivity index (χ3n) is 2.20. The monoisotopic (exact) mass is 157 g/mol. The van der Waals surface area contributed by atoms with Crippen LogP contribution in [0.3, 0.4) is 0 Å². The van der Waals surface area contributed by atoms with Gasteiger partial charge in [0.1, 0.15) is 5.78 Å². The van der Waals surface area contributed by atoms with Crippen LogP contribution in [0.15, 0.2) is 0 Å². The van der Waals surface area contributed by atoms with Gasteiger partial charge >= 0.3 is 0 Å². The lowest BCUT2D eigenvalue weighted by Gasteiger charge is -2.20. The second-order valence-corrected chi connectivity index (χ2v) is 3.11. The second-order valence-electron chi connectivity index (χ2n) is 3.11. The molecule has 4 nitrogen and oxygen atoms in total. The number of carbonyl (C=O) groups is 1. The van der Waals surface area contributed by atoms with Crippen LogP contribution in [0.2, 0.25) is 0 Å². The fourth-order valence-electron chi connectivity index (χ4n) is 1.50. The highest BCUT2D eigenvalue weighted by molar-refractivity contribution is 5.79. The van der Waals surface area contributed by atoms with Gasteiger partial charge in [-0.3, -0.25) is 14.9 Å². The quantitative estimate of drug-likeness (QED) is 0.421. The van der Waals surface area contributed by atoms with E-state index in [1.165, 1.54) is 0 Å². The van der Waals surface area contributed by atoms with E-state index in [0.717, 1.165) is 0 Å². The van der Waals surface area contributed by atoms with Crippen LogP contribution in [0, 0.1) is 16.0 Å². The van der Waals surface area contributed by atoms with Crippen molar-refractivity contribution < 1.29 is 9.72 Å². The molecule has 2 atom stereocenters. The summed E-state index contributed by atoms with van der Waals surface area (Å²) in [5.41, 5.74) is 0. The molecule has 1 saturated carbocycles. The molecule has 0 bridgehead atoms. The van der Waals surface area contributed by atoms with Crippen LogP contribution in [-0.2, 0) is 4.79 Å². The van der Waals surface area contributed by atoms with Crippen LogP contribution in [0.1, 0.15) is 26.2 Å². The molecule has 11 heavy (non-hydrogen) atoms. The van der Waals surface area contributed by atoms with E-state index in [2.05, 4.69) is 0 Å². The number of nitro groups is 1. The fourth-order valence-corrected chi connectivity index (χ4v) is 1.50. The lowest BCUT2D eigenvalue weighted by atomic mass is 9.85. The maximum absolute atomic E-state index is 10.8. The van der Waals surface area contributed by atoms with Crippen molar-refractivity contribution in [1.29, 1.82) is 0 Å². The molecule has 62 valence electrons. The van der Waals surface area contributed by atoms with Crippen molar-refractivity contribution in [3.63, 3.8) is 0 Å². The van der Waals surface area contributed by atoms with Crippen molar-refractivity contribution in [2.24, 2.45) is 5.92 Å². The maximum atomic E-state index is 10.8. The lowest BCUT2D eigenvalue weighted by Crippen LogP contribution is -2.33. The first kappa shape index (κ1) is 8.17. The molecule has 0 aromatic carbocycles. The van der Waals surface area contributed by atoms with Gasteiger partial charge in [-0.25, -0.2) is 0 Å². The smallest absolute Gasteiger partial charge is 0.216 e. The maximum Gasteiger partial charge on any atom is 0.216 e. The number of carbonyl (C=O) groups excluding carboxylic acids is 1. The molecule has 2 unspecified atom stereocenters. The molecule has 1 rings (SSSR count). The minimum Gasteiger partial charge on any atom is -0.300 e. The van der Waals surface area contributed by atoms with Gasteiger partial charge in [0.2, 0.25) is 6.04 Å². The molecule has 0 aliphatic heterocycles. The fraction of sp³-hybridized carbons (Fsp3) is 0.857. The Kier molecular flexibility index (Phi) is 2.22. The molecule has 1 fully saturated rings. The highest BCUT2D eigenvalue weighted by Crippen LogP contribution is 2.23. The molecular formula is C7H11NO3. The van der Waals surface area contributed by atoms with Gasteiger partial charge in [0, 0.05) is 30.1 Å². The summed E-state index contributed by atoms with van der Waals surface area (Å²) in [6.45, 7) is 1.77. The molecule has 0 heterocycles. The highest BCUT2D eigenvalue weighted by atomic mass is 16.6. The first-order chi connectivity index (χ1) is 5.11. The topological polar surface area (TPSA) is 60.2 Å². The standard InChI is InChI=1S/C7H11NO3/c1-5-4-6(9)2-3-7(5)8(10)11/h5,7H,2-4H2,1H3. The zero-order valence-corrected chi connectivity index (χ0v) is 6.45. The minimum atomic E-state index is -0.493. The van der Waals surface area contributed by atoms with Gasteiger partial charge in [0.25, 0.3) is 0 Å². The van der Waals surface area contributed by atoms with E-state index in [-0.39, 0.29) is 16.6 Å². The number of hydrogen-bond donors (Lipinski definition) is 0. The van der Waals surface area contributed by atoms with E-state index in [9.17, 15) is 14.9 Å². The van der Waals surface area contributed by atoms with Crippen molar-refractivity contribution in [2.45, 2.75) is 32.2 Å². The average molecular weight is 157 g/mol. The largest absolute Gasteiger partial charge is 0.300 e. The van der Waals surface area contributed by atoms with Crippen molar-refractivity contribution in [2.75, 3.05) is 0 Å². The predicted molar refractivity (Wildman–Crippen MR) is 38.8 cm³/mol. The summed E-state index contributed by atoms with van der Waals surface area (Å²) in [5, 5.41) is 10.4. The number of rotatable bonds is 1. The van der Waals surface area contributed by atoms with Crippen LogP contribution in [-0.4, -0.2) is 16.7 Å². The summed E-state index contributed by atoms with van der Waals surface area (Å²) in [6.07, 6.45) is 1.19. The minimum absolute atomic E-state index is 0.0775. The number of ketones is 1. The number of nitrogens with zero attached hydrogens (tertiary/aromatic N) is 1. The van der Waals surface area contributed by atoms with Crippen LogP contribution in [0.5, 0.6) is 0 Å². The van der Waals surface area contributed by atoms with Gasteiger partial charge in [0.15, 0.2) is 0 Å². The van der Waals surface area contributed by atoms with E-state index >= 15 is 0 Å². The van der Waals surface area contributed by atoms with Gasteiger partial charge in [-0.05, 0) is 0 Å². The Morgan fingerprint density at radius 1 is 1.64 bits per heavy atom. The normalized spacial score (nSPS) is 31.9. The van der Waals surface area contributed by atoms with Gasteiger partial charge in [0.05, 0.1) is 0 Å². The van der Waals surface area contributed by atoms with Crippen LogP contribution >= 0.6 is 0 Å². The Balaban J connectivity index is 2.57. The first-order valence-corrected chi connectivity index (χ1v) is 3.76. The molecule has 0 N–H and O–H groups in total. The third-order valence-corrected chi connectivity index (χ3v) is 2.20. The van der Waals surface area contributed by atoms with E-state index in [4.69, 9.17) is 0 Å². The molecule has 1 aliphatic carbocycles. The van der Waals surface area contributed by atoms with Crippen molar-refractivity contribution >= 4 is 5.78 Å². The Morgan fingerprint density at radius 2 is 2.27 bits per heavy atom. The lowest BCUT2D eigenvalue weighted by molar-refractivity contribution is -0.533. The Labute approximate surface area is 64.7 Å². The van der Waals surface area contributed by atoms with Gasteiger partial charge in [-0.2, -0.15) is 0 Å². The van der Waals surface area contributed by atoms with Gasteiger partial charge < -0.3 is 0 Å². The molecule has 1 aliphatic rings. The molecule has 4 heteroatoms. The number of Topliss-reactive ketones (excluding diaryl/α,β-unsaturated/α-hetero) is 1. The van der Waals surface area contributed by atoms with Crippen LogP contribution in [0.25, 0.3) is 0 Å². The van der Waals surface area contributed by atoms with Gasteiger partial charge in [-0.15, -0.1) is 0 Å². The van der Waals surface area contributed by atoms with E-state index < -0.39 is 6.04 Å². The van der Waals surface area contributed by atoms with E-state index in [1.54, 1.807) is 6.92 Å². The molecule has 0 radical (unpaired) electrons. The molecule has 0 aromatic heterocycles. The molecule has 0 aromatic rings. The highest BCUT2D eigenvalue weighted by Gasteiger charge is 2.33. The second kappa shape index (κ2) is 2.98. The molecule has 0 spiro atoms. The van der Waals surface area contributed by atoms with Crippen molar-refractivity contribution in [1.82, 2.24) is 0 Å². The zero-order chi connectivity index (χ0) is 8.43. The Morgan fingerprint density at radius 3 is 2.73 bits per heavy atom. The van der Waals surface area contributed by atoms with Crippen molar-refractivity contribution in [3.8, 4) is 0 Å². The Hall–Kier alpha value is -0.930. The summed E-state index contributed by atoms with van der Waals surface area (Å²) in [6, 6.07) is -0.493. The van der Waals surface area contributed by atoms with Crippen LogP contribution in [0.4, 0.5) is 0 Å². The summed E-state index contributed by atoms with van der Waals surface area (Å²) in [7, 11) is 0. The zero-order valence-electron chi connectivity index (χ0n) is 6.45. The summed E-state index contributed by atoms with van der Waals surface area (Å²) < 4.78 is 0. The summed E-state index contributed by atoms with van der Waals surface area (Å²) >= 11 is 0.